The Hall–Kier alpha value is -4.50. The summed E-state index contributed by atoms with van der Waals surface area (Å²) in [5, 5.41) is 13.0. The molecule has 3 atom stereocenters. The van der Waals surface area contributed by atoms with E-state index in [1.807, 2.05) is 30.1 Å². The zero-order chi connectivity index (χ0) is 34.2. The van der Waals surface area contributed by atoms with Crippen molar-refractivity contribution < 1.29 is 23.4 Å². The number of hydrogen-bond acceptors (Lipinski definition) is 9. The summed E-state index contributed by atoms with van der Waals surface area (Å²) in [6, 6.07) is 16.1. The van der Waals surface area contributed by atoms with Crippen LogP contribution in [0, 0.1) is 11.3 Å². The van der Waals surface area contributed by atoms with Crippen LogP contribution in [0.4, 0.5) is 10.2 Å². The van der Waals surface area contributed by atoms with Gasteiger partial charge in [0.1, 0.15) is 18.2 Å². The van der Waals surface area contributed by atoms with E-state index in [9.17, 15) is 14.4 Å². The monoisotopic (exact) mass is 684 g/mol. The van der Waals surface area contributed by atoms with Crippen LogP contribution in [-0.4, -0.2) is 97.4 Å². The van der Waals surface area contributed by atoms with Crippen molar-refractivity contribution in [2.75, 3.05) is 58.5 Å². The Balaban J connectivity index is 1.38. The van der Waals surface area contributed by atoms with Crippen molar-refractivity contribution in [3.63, 3.8) is 0 Å². The number of likely N-dealkylation sites (N-methyl/N-ethyl adjacent to an activating group) is 1. The lowest BCUT2D eigenvalue weighted by Gasteiger charge is -2.41. The molecule has 1 aromatic heterocycles. The number of nitrogens with zero attached hydrogens (tertiary/aromatic N) is 6. The number of amides is 1. The first-order valence-corrected chi connectivity index (χ1v) is 17.0. The maximum Gasteiger partial charge on any atom is 0.319 e. The van der Waals surface area contributed by atoms with Crippen molar-refractivity contribution in [1.82, 2.24) is 19.8 Å². The minimum Gasteiger partial charge on any atom is -0.492 e. The van der Waals surface area contributed by atoms with Crippen molar-refractivity contribution in [3.05, 3.63) is 65.5 Å². The molecule has 254 valence electrons. The number of benzene rings is 3. The van der Waals surface area contributed by atoms with Gasteiger partial charge in [0.2, 0.25) is 0 Å². The van der Waals surface area contributed by atoms with E-state index in [-0.39, 0.29) is 37.7 Å². The summed E-state index contributed by atoms with van der Waals surface area (Å²) in [5.74, 6) is -0.555. The van der Waals surface area contributed by atoms with E-state index in [2.05, 4.69) is 41.8 Å². The first kappa shape index (κ1) is 33.0. The number of likely N-dealkylation sites (tertiary alicyclic amines) is 1. The largest absolute Gasteiger partial charge is 0.492 e. The molecule has 0 unspecified atom stereocenters. The molecule has 1 amide bonds. The second-order valence-electron chi connectivity index (χ2n) is 12.9. The Bertz CT molecular complexity index is 1980. The number of carbonyl (C=O) groups excluding carboxylic acids is 1. The predicted octanol–water partition coefficient (Wildman–Crippen LogP) is 5.94. The Morgan fingerprint density at radius 2 is 1.96 bits per heavy atom. The van der Waals surface area contributed by atoms with Crippen molar-refractivity contribution in [1.29, 1.82) is 5.26 Å². The van der Waals surface area contributed by atoms with E-state index >= 15 is 0 Å². The average molecular weight is 685 g/mol. The molecule has 0 spiro atoms. The number of piperazine rings is 1. The number of methoxy groups -OCH3 is 1. The van der Waals surface area contributed by atoms with E-state index in [1.165, 1.54) is 4.90 Å². The number of rotatable bonds is 8. The van der Waals surface area contributed by atoms with Gasteiger partial charge in [-0.3, -0.25) is 9.69 Å². The molecule has 7 rings (SSSR count). The van der Waals surface area contributed by atoms with Crippen LogP contribution < -0.4 is 14.4 Å². The lowest BCUT2D eigenvalue weighted by molar-refractivity contribution is -0.131. The summed E-state index contributed by atoms with van der Waals surface area (Å²) in [7, 11) is 3.77. The van der Waals surface area contributed by atoms with Gasteiger partial charge in [0.15, 0.2) is 5.83 Å². The Morgan fingerprint density at radius 3 is 2.71 bits per heavy atom. The Labute approximate surface area is 289 Å². The normalized spacial score (nSPS) is 21.0. The molecule has 0 radical (unpaired) electrons. The molecule has 10 nitrogen and oxygen atoms in total. The SMILES string of the molecule is C=C(F)C(=O)N1CCN(c2nc(OC[C@@H]3C[C@@H](OC)CN3C)nc3cc(-c4cccc5cccc(Cl)c45)c4c(c23)OCCC4)C[C@@H]1CC#N. The van der Waals surface area contributed by atoms with Gasteiger partial charge in [-0.05, 0) is 55.0 Å². The number of ether oxygens (including phenoxy) is 3. The van der Waals surface area contributed by atoms with Gasteiger partial charge in [0.05, 0.1) is 42.1 Å². The second kappa shape index (κ2) is 13.8. The highest BCUT2D eigenvalue weighted by Crippen LogP contribution is 2.46. The van der Waals surface area contributed by atoms with Crippen LogP contribution in [0.15, 0.2) is 54.9 Å². The molecule has 4 aromatic rings. The minimum absolute atomic E-state index is 0.0250. The summed E-state index contributed by atoms with van der Waals surface area (Å²) in [6.07, 6.45) is 2.61. The zero-order valence-corrected chi connectivity index (χ0v) is 28.4. The van der Waals surface area contributed by atoms with Gasteiger partial charge in [-0.2, -0.15) is 15.2 Å². The van der Waals surface area contributed by atoms with E-state index in [0.29, 0.717) is 41.9 Å². The van der Waals surface area contributed by atoms with Crippen LogP contribution >= 0.6 is 11.6 Å². The summed E-state index contributed by atoms with van der Waals surface area (Å²) in [6.45, 7) is 5.71. The molecule has 0 aliphatic carbocycles. The molecule has 2 fully saturated rings. The Kier molecular flexibility index (Phi) is 9.29. The van der Waals surface area contributed by atoms with Crippen LogP contribution in [0.25, 0.3) is 32.8 Å². The number of anilines is 1. The quantitative estimate of drug-likeness (QED) is 0.209. The molecule has 2 saturated heterocycles. The lowest BCUT2D eigenvalue weighted by Crippen LogP contribution is -2.55. The van der Waals surface area contributed by atoms with E-state index < -0.39 is 17.8 Å². The highest BCUT2D eigenvalue weighted by Gasteiger charge is 2.35. The molecular weight excluding hydrogens is 647 g/mol. The van der Waals surface area contributed by atoms with Gasteiger partial charge in [0.25, 0.3) is 5.91 Å². The fourth-order valence-electron chi connectivity index (χ4n) is 7.46. The van der Waals surface area contributed by atoms with Crippen molar-refractivity contribution in [2.24, 2.45) is 0 Å². The zero-order valence-electron chi connectivity index (χ0n) is 27.6. The summed E-state index contributed by atoms with van der Waals surface area (Å²) < 4.78 is 32.4. The van der Waals surface area contributed by atoms with Crippen molar-refractivity contribution >= 4 is 45.0 Å². The third-order valence-electron chi connectivity index (χ3n) is 9.96. The molecular formula is C37H38ClFN6O4. The van der Waals surface area contributed by atoms with Gasteiger partial charge in [0, 0.05) is 55.3 Å². The van der Waals surface area contributed by atoms with Gasteiger partial charge < -0.3 is 24.0 Å². The lowest BCUT2D eigenvalue weighted by atomic mass is 9.89. The number of aromatic nitrogens is 2. The number of fused-ring (bicyclic) bond motifs is 4. The number of hydrogen-bond donors (Lipinski definition) is 0. The summed E-state index contributed by atoms with van der Waals surface area (Å²) >= 11 is 6.82. The average Bonchev–Trinajstić information content (AvgIpc) is 3.48. The van der Waals surface area contributed by atoms with Gasteiger partial charge in [-0.15, -0.1) is 0 Å². The third kappa shape index (κ3) is 6.25. The van der Waals surface area contributed by atoms with Crippen LogP contribution in [0.1, 0.15) is 24.8 Å². The highest BCUT2D eigenvalue weighted by molar-refractivity contribution is 6.36. The predicted molar refractivity (Wildman–Crippen MR) is 187 cm³/mol. The topological polar surface area (TPSA) is 104 Å². The first-order valence-electron chi connectivity index (χ1n) is 16.6. The summed E-state index contributed by atoms with van der Waals surface area (Å²) in [4.78, 5) is 28.3. The number of nitriles is 1. The molecule has 0 bridgehead atoms. The first-order chi connectivity index (χ1) is 23.8. The smallest absolute Gasteiger partial charge is 0.319 e. The molecule has 3 aromatic carbocycles. The van der Waals surface area contributed by atoms with Crippen LogP contribution in [0.3, 0.4) is 0 Å². The molecule has 0 N–H and O–H groups in total. The van der Waals surface area contributed by atoms with Gasteiger partial charge in [-0.25, -0.2) is 4.39 Å². The standard InChI is InChI=1S/C37H38ClFN6O4/c1-22(39)36(46)45-15-14-44(19-24(45)12-13-40)35-33-31(41-37(42-35)49-21-25-17-26(47-3)20-43(25)2)18-29(28-10-6-16-48-34(28)33)27-9-4-7-23-8-5-11-30(38)32(23)27/h4-5,7-9,11,18,24-26H,1,6,10,12,14-17,19-21H2,2-3H3/t24-,25-,26+/m0/s1. The van der Waals surface area contributed by atoms with E-state index in [1.54, 1.807) is 7.11 Å². The molecule has 3 aliphatic heterocycles. The van der Waals surface area contributed by atoms with Crippen molar-refractivity contribution in [2.45, 2.75) is 43.9 Å². The molecule has 3 aliphatic rings. The molecule has 12 heteroatoms. The second-order valence-corrected chi connectivity index (χ2v) is 13.3. The third-order valence-corrected chi connectivity index (χ3v) is 10.3. The fourth-order valence-corrected chi connectivity index (χ4v) is 7.75. The molecule has 0 saturated carbocycles. The van der Waals surface area contributed by atoms with Crippen LogP contribution in [0.5, 0.6) is 11.8 Å². The maximum absolute atomic E-state index is 14.0. The minimum atomic E-state index is -1.05. The Morgan fingerprint density at radius 1 is 1.14 bits per heavy atom. The van der Waals surface area contributed by atoms with Gasteiger partial charge >= 0.3 is 6.01 Å². The fraction of sp³-hybridized carbons (Fsp3) is 0.405. The maximum atomic E-state index is 14.0. The van der Waals surface area contributed by atoms with E-state index in [4.69, 9.17) is 35.8 Å². The molecule has 49 heavy (non-hydrogen) atoms. The van der Waals surface area contributed by atoms with Crippen LogP contribution in [0.2, 0.25) is 5.02 Å². The van der Waals surface area contributed by atoms with E-state index in [0.717, 1.165) is 58.7 Å². The summed E-state index contributed by atoms with van der Waals surface area (Å²) in [5.41, 5.74) is 3.65. The van der Waals surface area contributed by atoms with Gasteiger partial charge in [-0.1, -0.05) is 48.5 Å². The number of halogens is 2. The number of carbonyl (C=O) groups is 1. The highest BCUT2D eigenvalue weighted by atomic mass is 35.5. The molecule has 4 heterocycles. The van der Waals surface area contributed by atoms with Crippen LogP contribution in [-0.2, 0) is 16.0 Å². The van der Waals surface area contributed by atoms with Crippen molar-refractivity contribution in [3.8, 4) is 29.0 Å².